The summed E-state index contributed by atoms with van der Waals surface area (Å²) in [5.74, 6) is -0.226. The van der Waals surface area contributed by atoms with Crippen molar-refractivity contribution in [2.24, 2.45) is 0 Å². The molecule has 0 aromatic heterocycles. The molecule has 0 radical (unpaired) electrons. The van der Waals surface area contributed by atoms with Crippen molar-refractivity contribution in [3.63, 3.8) is 0 Å². The first-order valence-corrected chi connectivity index (χ1v) is 30.1. The molecule has 2 N–H and O–H groups in total. The van der Waals surface area contributed by atoms with Crippen LogP contribution in [0.4, 0.5) is 32.0 Å². The second-order valence-electron chi connectivity index (χ2n) is 23.0. The summed E-state index contributed by atoms with van der Waals surface area (Å²) in [5, 5.41) is 7.18. The zero-order valence-corrected chi connectivity index (χ0v) is 48.8. The van der Waals surface area contributed by atoms with Crippen LogP contribution in [0.2, 0.25) is 0 Å². The summed E-state index contributed by atoms with van der Waals surface area (Å²) >= 11 is 6.58. The fourth-order valence-electron chi connectivity index (χ4n) is 12.7. The van der Waals surface area contributed by atoms with Crippen molar-refractivity contribution in [1.82, 2.24) is 10.2 Å². The van der Waals surface area contributed by atoms with E-state index in [0.29, 0.717) is 42.9 Å². The van der Waals surface area contributed by atoms with Gasteiger partial charge in [0.1, 0.15) is 16.2 Å². The third-order valence-corrected chi connectivity index (χ3v) is 18.2. The van der Waals surface area contributed by atoms with Gasteiger partial charge in [-0.3, -0.25) is 14.4 Å². The predicted octanol–water partition coefficient (Wildman–Crippen LogP) is 17.2. The number of hydrogen-bond donors (Lipinski definition) is 2. The third-order valence-electron chi connectivity index (χ3n) is 17.5. The van der Waals surface area contributed by atoms with Crippen LogP contribution in [0.1, 0.15) is 135 Å². The van der Waals surface area contributed by atoms with Crippen LogP contribution < -0.4 is 10.6 Å². The van der Waals surface area contributed by atoms with E-state index < -0.39 is 33.9 Å². The van der Waals surface area contributed by atoms with E-state index in [-0.39, 0.29) is 35.9 Å². The Morgan fingerprint density at radius 2 is 1.05 bits per heavy atom. The fraction of sp³-hybridized carbons (Fsp3) is 0.301. The second kappa shape index (κ2) is 26.9. The van der Waals surface area contributed by atoms with Gasteiger partial charge in [-0.1, -0.05) is 181 Å². The van der Waals surface area contributed by atoms with Crippen LogP contribution >= 0.6 is 11.6 Å². The highest BCUT2D eigenvalue weighted by molar-refractivity contribution is 6.35. The van der Waals surface area contributed by atoms with E-state index in [9.17, 15) is 40.7 Å². The van der Waals surface area contributed by atoms with E-state index in [2.05, 4.69) is 120 Å². The lowest BCUT2D eigenvalue weighted by Gasteiger charge is -2.43. The summed E-state index contributed by atoms with van der Waals surface area (Å²) in [6.45, 7) is 4.09. The number of nitrogens with one attached hydrogen (secondary N) is 2. The van der Waals surface area contributed by atoms with Gasteiger partial charge in [0.2, 0.25) is 0 Å². The number of anilines is 1. The Morgan fingerprint density at radius 1 is 0.523 bits per heavy atom. The molecule has 0 spiro atoms. The van der Waals surface area contributed by atoms with E-state index in [1.165, 1.54) is 65.9 Å². The molecular formula is C73H70ClF6N3O3. The summed E-state index contributed by atoms with van der Waals surface area (Å²) < 4.78 is 75.9. The number of hydrogen-bond acceptors (Lipinski definition) is 5. The number of Topliss-reactive ketones (excluding diaryl/α,β-unsaturated/α-hetero) is 2. The number of carbonyl (C=O) groups is 3. The summed E-state index contributed by atoms with van der Waals surface area (Å²) in [6, 6.07) is 63.8. The normalized spacial score (nSPS) is 21.6. The number of halogens is 7. The number of nitrogens with zero attached hydrogens (tertiary/aromatic N) is 1. The van der Waals surface area contributed by atoms with E-state index in [0.717, 1.165) is 96.4 Å². The topological polar surface area (TPSA) is 78.5 Å². The Labute approximate surface area is 505 Å². The predicted molar refractivity (Wildman–Crippen MR) is 328 cm³/mol. The standard InChI is InChI=1S/C27H28N2O.C18H14ClF3O.C18H15F3O.C10H13N/c1-20-13-15-23(16-14-20)27(18-17-21-8-5-6-11-24(21)28-27)26(30)29-19-7-12-25(29)22-9-3-2-4-10-22;19-17(14-5-7-15(8-6-14)18(20,21)22)10-9-12-3-1-2-4-13(12)11-16(17)23;19-18(20,21)15-8-5-13(6-9-15)16-10-7-12-3-1-2-4-14(12)11-17(16)22;1-2-5-9(6-3-1)10-7-4-8-11-10/h2-6,8-11,13-16,25,28H,7,12,17-19H2,1H3;1-8H,9-11H2;1-6,8-9,16H,7,10-11H2;1-3,5-6,10-11H,4,7-8H2. The summed E-state index contributed by atoms with van der Waals surface area (Å²) in [7, 11) is 0. The highest BCUT2D eigenvalue weighted by Crippen LogP contribution is 2.44. The first-order chi connectivity index (χ1) is 41.4. The molecule has 6 nitrogen and oxygen atoms in total. The van der Waals surface area contributed by atoms with Crippen molar-refractivity contribution < 1.29 is 40.7 Å². The number of alkyl halides is 7. The highest BCUT2D eigenvalue weighted by Gasteiger charge is 2.48. The molecule has 3 heterocycles. The molecular weight excluding hydrogens is 1120 g/mol. The molecule has 8 aromatic carbocycles. The van der Waals surface area contributed by atoms with Gasteiger partial charge in [0, 0.05) is 37.0 Å². The van der Waals surface area contributed by atoms with Crippen LogP contribution in [0, 0.1) is 6.92 Å². The van der Waals surface area contributed by atoms with Crippen LogP contribution in [0.15, 0.2) is 206 Å². The Hall–Kier alpha value is -7.80. The Bertz CT molecular complexity index is 3590. The average molecular weight is 1190 g/mol. The molecule has 0 saturated carbocycles. The maximum atomic E-state index is 14.3. The van der Waals surface area contributed by atoms with Crippen LogP contribution in [0.3, 0.4) is 0 Å². The minimum atomic E-state index is -4.40. The van der Waals surface area contributed by atoms with Gasteiger partial charge < -0.3 is 15.5 Å². The third kappa shape index (κ3) is 14.2. The molecule has 2 fully saturated rings. The Balaban J connectivity index is 0.000000133. The fourth-order valence-corrected chi connectivity index (χ4v) is 13.0. The largest absolute Gasteiger partial charge is 0.416 e. The van der Waals surface area contributed by atoms with E-state index in [4.69, 9.17) is 11.6 Å². The number of rotatable bonds is 6. The zero-order valence-electron chi connectivity index (χ0n) is 48.1. The van der Waals surface area contributed by atoms with Gasteiger partial charge in [0.05, 0.1) is 17.2 Å². The van der Waals surface area contributed by atoms with Crippen LogP contribution in [-0.2, 0) is 69.3 Å². The molecule has 1 amide bonds. The number of ketones is 2. The van der Waals surface area contributed by atoms with Crippen LogP contribution in [0.25, 0.3) is 0 Å². The summed E-state index contributed by atoms with van der Waals surface area (Å²) in [6.07, 6.45) is 0.547. The Kier molecular flexibility index (Phi) is 19.1. The zero-order chi connectivity index (χ0) is 60.5. The lowest BCUT2D eigenvalue weighted by atomic mass is 9.79. The number of aryl methyl sites for hydroxylation is 4. The van der Waals surface area contributed by atoms with Crippen molar-refractivity contribution in [3.8, 4) is 0 Å². The summed E-state index contributed by atoms with van der Waals surface area (Å²) in [5.41, 5.74) is 10.4. The highest BCUT2D eigenvalue weighted by atomic mass is 35.5. The maximum absolute atomic E-state index is 14.3. The lowest BCUT2D eigenvalue weighted by molar-refractivity contribution is -0.138. The number of benzene rings is 8. The number of likely N-dealkylation sites (tertiary alicyclic amines) is 1. The van der Waals surface area contributed by atoms with Crippen molar-refractivity contribution >= 4 is 34.8 Å². The minimum Gasteiger partial charge on any atom is -0.367 e. The maximum Gasteiger partial charge on any atom is 0.416 e. The smallest absolute Gasteiger partial charge is 0.367 e. The monoisotopic (exact) mass is 1190 g/mol. The van der Waals surface area contributed by atoms with Crippen molar-refractivity contribution in [2.75, 3.05) is 18.4 Å². The molecule has 0 bridgehead atoms. The first kappa shape index (κ1) is 61.3. The van der Waals surface area contributed by atoms with Gasteiger partial charge in [-0.05, 0) is 164 Å². The molecule has 444 valence electrons. The van der Waals surface area contributed by atoms with Gasteiger partial charge in [-0.2, -0.15) is 26.3 Å². The van der Waals surface area contributed by atoms with E-state index >= 15 is 0 Å². The van der Waals surface area contributed by atoms with E-state index in [1.54, 1.807) is 0 Å². The average Bonchev–Trinajstić information content (AvgIpc) is 1.19. The molecule has 86 heavy (non-hydrogen) atoms. The van der Waals surface area contributed by atoms with E-state index in [1.807, 2.05) is 60.7 Å². The molecule has 2 saturated heterocycles. The number of carbonyl (C=O) groups excluding carboxylic acids is 3. The minimum absolute atomic E-state index is 0.0738. The molecule has 13 rings (SSSR count). The molecule has 8 aromatic rings. The van der Waals surface area contributed by atoms with Gasteiger partial charge in [0.15, 0.2) is 5.78 Å². The van der Waals surface area contributed by atoms with Crippen molar-refractivity contribution in [2.45, 2.75) is 125 Å². The van der Waals surface area contributed by atoms with Gasteiger partial charge in [-0.25, -0.2) is 0 Å². The summed E-state index contributed by atoms with van der Waals surface area (Å²) in [4.78, 5) is 40.2. The van der Waals surface area contributed by atoms with Gasteiger partial charge in [0.25, 0.3) is 5.91 Å². The van der Waals surface area contributed by atoms with Crippen LogP contribution in [-0.4, -0.2) is 35.5 Å². The second-order valence-corrected chi connectivity index (χ2v) is 23.7. The Morgan fingerprint density at radius 3 is 1.65 bits per heavy atom. The molecule has 5 unspecified atom stereocenters. The number of para-hydroxylation sites is 1. The molecule has 2 aliphatic carbocycles. The first-order valence-electron chi connectivity index (χ1n) is 29.7. The van der Waals surface area contributed by atoms with Crippen molar-refractivity contribution in [3.05, 3.63) is 279 Å². The molecule has 5 atom stereocenters. The van der Waals surface area contributed by atoms with Gasteiger partial charge in [-0.15, -0.1) is 11.6 Å². The molecule has 13 heteroatoms. The van der Waals surface area contributed by atoms with Gasteiger partial charge >= 0.3 is 12.4 Å². The lowest BCUT2D eigenvalue weighted by Crippen LogP contribution is -2.53. The van der Waals surface area contributed by atoms with Crippen molar-refractivity contribution in [1.29, 1.82) is 0 Å². The molecule has 5 aliphatic rings. The SMILES string of the molecule is Cc1ccc(C2(C(=O)N3CCCC3c3ccccc3)CCc3ccccc3N2)cc1.O=C1Cc2ccccc2CCC1(Cl)c1ccc(C(F)(F)F)cc1.O=C1Cc2ccccc2CCC1c1ccc(C(F)(F)F)cc1.c1ccc(C2CCCN2)cc1. The number of fused-ring (bicyclic) bond motifs is 3. The molecule has 3 aliphatic heterocycles. The quantitative estimate of drug-likeness (QED) is 0.0985. The van der Waals surface area contributed by atoms with Crippen LogP contribution in [0.5, 0.6) is 0 Å². The number of amides is 1.